The molecule has 0 amide bonds. The van der Waals surface area contributed by atoms with Crippen molar-refractivity contribution in [2.24, 2.45) is 0 Å². The predicted octanol–water partition coefficient (Wildman–Crippen LogP) is 3.71. The van der Waals surface area contributed by atoms with Gasteiger partial charge in [0.2, 0.25) is 11.9 Å². The van der Waals surface area contributed by atoms with Crippen LogP contribution in [0, 0.1) is 5.82 Å². The zero-order valence-electron chi connectivity index (χ0n) is 15.0. The van der Waals surface area contributed by atoms with E-state index in [0.29, 0.717) is 17.7 Å². The smallest absolute Gasteiger partial charge is 0.233 e. The molecule has 0 aliphatic carbocycles. The Hall–Kier alpha value is -3.88. The van der Waals surface area contributed by atoms with Gasteiger partial charge in [0.1, 0.15) is 12.1 Å². The maximum atomic E-state index is 13.1. The fraction of sp³-hybridized carbons (Fsp3) is 0.105. The quantitative estimate of drug-likeness (QED) is 0.471. The van der Waals surface area contributed by atoms with Crippen LogP contribution in [0.15, 0.2) is 61.2 Å². The number of nitrogens with one attached hydrogen (secondary N) is 3. The fourth-order valence-corrected chi connectivity index (χ4v) is 2.62. The lowest BCUT2D eigenvalue weighted by atomic mass is 10.1. The lowest BCUT2D eigenvalue weighted by molar-refractivity contribution is 0.626. The summed E-state index contributed by atoms with van der Waals surface area (Å²) in [5.74, 6) is 1.06. The monoisotopic (exact) mass is 376 g/mol. The molecular weight excluding hydrogens is 359 g/mol. The predicted molar refractivity (Wildman–Crippen MR) is 103 cm³/mol. The third-order valence-corrected chi connectivity index (χ3v) is 4.08. The molecule has 0 spiro atoms. The maximum Gasteiger partial charge on any atom is 0.233 e. The number of aromatic amines is 1. The van der Waals surface area contributed by atoms with E-state index in [2.05, 4.69) is 40.8 Å². The van der Waals surface area contributed by atoms with Gasteiger partial charge in [0.05, 0.1) is 11.7 Å². The third kappa shape index (κ3) is 4.09. The summed E-state index contributed by atoms with van der Waals surface area (Å²) in [5, 5.41) is 13.4. The van der Waals surface area contributed by atoms with Gasteiger partial charge in [-0.05, 0) is 36.8 Å². The lowest BCUT2D eigenvalue weighted by Crippen LogP contribution is -2.11. The van der Waals surface area contributed by atoms with Crippen LogP contribution >= 0.6 is 0 Å². The number of rotatable bonds is 6. The molecule has 1 aromatic carbocycles. The molecule has 0 radical (unpaired) electrons. The summed E-state index contributed by atoms with van der Waals surface area (Å²) in [4.78, 5) is 16.7. The number of H-pyrrole nitrogens is 1. The van der Waals surface area contributed by atoms with Gasteiger partial charge in [0.15, 0.2) is 5.82 Å². The number of halogens is 1. The second-order valence-electron chi connectivity index (χ2n) is 6.08. The average molecular weight is 376 g/mol. The number of aromatic nitrogens is 6. The van der Waals surface area contributed by atoms with Crippen molar-refractivity contribution in [3.63, 3.8) is 0 Å². The van der Waals surface area contributed by atoms with Gasteiger partial charge in [0, 0.05) is 24.0 Å². The molecule has 4 rings (SSSR count). The van der Waals surface area contributed by atoms with Crippen molar-refractivity contribution < 1.29 is 4.39 Å². The van der Waals surface area contributed by atoms with Crippen molar-refractivity contribution in [2.45, 2.75) is 13.0 Å². The van der Waals surface area contributed by atoms with Crippen molar-refractivity contribution in [2.75, 3.05) is 10.6 Å². The third-order valence-electron chi connectivity index (χ3n) is 4.08. The van der Waals surface area contributed by atoms with Crippen LogP contribution in [-0.2, 0) is 0 Å². The van der Waals surface area contributed by atoms with Crippen LogP contribution in [0.25, 0.3) is 11.3 Å². The van der Waals surface area contributed by atoms with E-state index in [1.54, 1.807) is 24.5 Å². The van der Waals surface area contributed by atoms with Crippen LogP contribution in [0.4, 0.5) is 22.1 Å². The molecule has 3 heterocycles. The summed E-state index contributed by atoms with van der Waals surface area (Å²) in [6, 6.07) is 11.8. The normalized spacial score (nSPS) is 11.8. The Morgan fingerprint density at radius 3 is 2.68 bits per heavy atom. The molecular formula is C19H17FN8. The first-order chi connectivity index (χ1) is 13.7. The highest BCUT2D eigenvalue weighted by molar-refractivity contribution is 5.63. The first-order valence-corrected chi connectivity index (χ1v) is 8.61. The Labute approximate surface area is 160 Å². The Morgan fingerprint density at radius 2 is 1.89 bits per heavy atom. The maximum absolute atomic E-state index is 13.1. The molecule has 28 heavy (non-hydrogen) atoms. The Kier molecular flexibility index (Phi) is 4.87. The zero-order valence-corrected chi connectivity index (χ0v) is 15.0. The number of benzene rings is 1. The number of hydrogen-bond donors (Lipinski definition) is 3. The Morgan fingerprint density at radius 1 is 1.07 bits per heavy atom. The molecule has 0 bridgehead atoms. The molecule has 3 aromatic heterocycles. The number of pyridine rings is 1. The minimum Gasteiger partial charge on any atom is -0.348 e. The van der Waals surface area contributed by atoms with Crippen LogP contribution in [-0.4, -0.2) is 30.1 Å². The fourth-order valence-electron chi connectivity index (χ4n) is 2.62. The van der Waals surface area contributed by atoms with Crippen LogP contribution in [0.3, 0.4) is 0 Å². The van der Waals surface area contributed by atoms with Gasteiger partial charge in [-0.1, -0.05) is 12.1 Å². The second kappa shape index (κ2) is 7.78. The van der Waals surface area contributed by atoms with Crippen molar-refractivity contribution in [1.29, 1.82) is 0 Å². The SMILES string of the molecule is CC(Nc1ncnc(Nc2cc(-c3cccnc3)[nH]n2)n1)c1ccc(F)cc1. The molecule has 0 saturated carbocycles. The number of anilines is 3. The van der Waals surface area contributed by atoms with E-state index in [0.717, 1.165) is 16.8 Å². The van der Waals surface area contributed by atoms with E-state index >= 15 is 0 Å². The van der Waals surface area contributed by atoms with Crippen molar-refractivity contribution >= 4 is 17.7 Å². The number of nitrogens with zero attached hydrogens (tertiary/aromatic N) is 5. The second-order valence-corrected chi connectivity index (χ2v) is 6.08. The standard InChI is InChI=1S/C19H17FN8/c1-12(13-4-6-15(20)7-5-13)24-18-22-11-23-19(26-18)25-17-9-16(27-28-17)14-3-2-8-21-10-14/h2-12H,1H3,(H3,22,23,24,25,26,27,28). The van der Waals surface area contributed by atoms with Crippen LogP contribution < -0.4 is 10.6 Å². The Balaban J connectivity index is 1.45. The summed E-state index contributed by atoms with van der Waals surface area (Å²) in [7, 11) is 0. The van der Waals surface area contributed by atoms with Gasteiger partial charge in [-0.2, -0.15) is 10.1 Å². The molecule has 8 nitrogen and oxygen atoms in total. The molecule has 0 saturated heterocycles. The largest absolute Gasteiger partial charge is 0.348 e. The van der Waals surface area contributed by atoms with E-state index < -0.39 is 0 Å². The van der Waals surface area contributed by atoms with Gasteiger partial charge in [-0.3, -0.25) is 10.1 Å². The summed E-state index contributed by atoms with van der Waals surface area (Å²) in [6.07, 6.45) is 4.87. The van der Waals surface area contributed by atoms with Gasteiger partial charge >= 0.3 is 0 Å². The topological polar surface area (TPSA) is 104 Å². The molecule has 3 N–H and O–H groups in total. The van der Waals surface area contributed by atoms with Crippen LogP contribution in [0.1, 0.15) is 18.5 Å². The molecule has 1 atom stereocenters. The highest BCUT2D eigenvalue weighted by Crippen LogP contribution is 2.21. The van der Waals surface area contributed by atoms with Gasteiger partial charge in [-0.15, -0.1) is 0 Å². The van der Waals surface area contributed by atoms with Crippen molar-refractivity contribution in [1.82, 2.24) is 30.1 Å². The minimum atomic E-state index is -0.271. The van der Waals surface area contributed by atoms with E-state index in [1.165, 1.54) is 18.5 Å². The molecule has 0 aliphatic rings. The lowest BCUT2D eigenvalue weighted by Gasteiger charge is -2.14. The van der Waals surface area contributed by atoms with Gasteiger partial charge in [-0.25, -0.2) is 14.4 Å². The van der Waals surface area contributed by atoms with Crippen LogP contribution in [0.5, 0.6) is 0 Å². The van der Waals surface area contributed by atoms with E-state index in [1.807, 2.05) is 25.1 Å². The summed E-state index contributed by atoms with van der Waals surface area (Å²) in [6.45, 7) is 1.94. The van der Waals surface area contributed by atoms with Crippen molar-refractivity contribution in [3.05, 3.63) is 72.6 Å². The minimum absolute atomic E-state index is 0.0987. The van der Waals surface area contributed by atoms with E-state index in [9.17, 15) is 4.39 Å². The van der Waals surface area contributed by atoms with Crippen LogP contribution in [0.2, 0.25) is 0 Å². The summed E-state index contributed by atoms with van der Waals surface area (Å²) >= 11 is 0. The average Bonchev–Trinajstić information content (AvgIpc) is 3.18. The van der Waals surface area contributed by atoms with E-state index in [4.69, 9.17) is 0 Å². The number of hydrogen-bond acceptors (Lipinski definition) is 7. The Bertz CT molecular complexity index is 1050. The molecule has 0 aliphatic heterocycles. The highest BCUT2D eigenvalue weighted by Gasteiger charge is 2.10. The highest BCUT2D eigenvalue weighted by atomic mass is 19.1. The van der Waals surface area contributed by atoms with E-state index in [-0.39, 0.29) is 11.9 Å². The van der Waals surface area contributed by atoms with Gasteiger partial charge in [0.25, 0.3) is 0 Å². The molecule has 1 unspecified atom stereocenters. The molecule has 9 heteroatoms. The van der Waals surface area contributed by atoms with Crippen molar-refractivity contribution in [3.8, 4) is 11.3 Å². The first kappa shape index (κ1) is 17.5. The molecule has 4 aromatic rings. The molecule has 0 fully saturated rings. The summed E-state index contributed by atoms with van der Waals surface area (Å²) in [5.41, 5.74) is 2.67. The first-order valence-electron chi connectivity index (χ1n) is 8.61. The zero-order chi connectivity index (χ0) is 19.3. The summed E-state index contributed by atoms with van der Waals surface area (Å²) < 4.78 is 13.1. The van der Waals surface area contributed by atoms with Gasteiger partial charge < -0.3 is 10.6 Å². The molecule has 140 valence electrons.